The van der Waals surface area contributed by atoms with E-state index in [1.54, 1.807) is 10.6 Å². The van der Waals surface area contributed by atoms with Gasteiger partial charge in [-0.1, -0.05) is 19.1 Å². The van der Waals surface area contributed by atoms with Crippen molar-refractivity contribution in [2.24, 2.45) is 0 Å². The van der Waals surface area contributed by atoms with Crippen molar-refractivity contribution >= 4 is 44.1 Å². The first-order valence-electron chi connectivity index (χ1n) is 10.4. The number of halogens is 1. The van der Waals surface area contributed by atoms with Gasteiger partial charge in [-0.25, -0.2) is 4.98 Å². The molecular weight excluding hydrogens is 468 g/mol. The van der Waals surface area contributed by atoms with Crippen LogP contribution >= 0.6 is 15.9 Å². The number of hydrogen-bond donors (Lipinski definition) is 1. The molecule has 0 radical (unpaired) electrons. The van der Waals surface area contributed by atoms with Crippen LogP contribution in [0.25, 0.3) is 16.6 Å². The first kappa shape index (κ1) is 20.4. The fourth-order valence-electron chi connectivity index (χ4n) is 3.95. The van der Waals surface area contributed by atoms with Crippen LogP contribution in [-0.4, -0.2) is 30.1 Å². The smallest absolute Gasteiger partial charge is 0.274 e. The van der Waals surface area contributed by atoms with E-state index < -0.39 is 0 Å². The van der Waals surface area contributed by atoms with Crippen molar-refractivity contribution in [2.75, 3.05) is 5.32 Å². The zero-order valence-corrected chi connectivity index (χ0v) is 19.3. The zero-order valence-electron chi connectivity index (χ0n) is 17.7. The van der Waals surface area contributed by atoms with Crippen LogP contribution in [0.15, 0.2) is 65.4 Å². The maximum atomic E-state index is 13.1. The molecule has 0 aliphatic carbocycles. The molecule has 0 saturated heterocycles. The standard InChI is InChI=1S/C24H21BrN6O/c1-3-18-22-19(28-24(32)20-13-26-21-9-4-5-12-30(20)21)11-10-17(25)23(22)31(29-18)14-16-8-6-7-15(2)27-16/h4-13H,3,14H2,1-2H3,(H,28,32). The summed E-state index contributed by atoms with van der Waals surface area (Å²) in [5.41, 5.74) is 5.68. The number of aromatic nitrogens is 5. The molecule has 1 amide bonds. The summed E-state index contributed by atoms with van der Waals surface area (Å²) < 4.78 is 4.64. The van der Waals surface area contributed by atoms with Crippen LogP contribution in [0.3, 0.4) is 0 Å². The first-order chi connectivity index (χ1) is 15.5. The second kappa shape index (κ2) is 8.20. The molecule has 0 saturated carbocycles. The Kier molecular flexibility index (Phi) is 5.22. The molecule has 0 unspecified atom stereocenters. The lowest BCUT2D eigenvalue weighted by molar-refractivity contribution is 0.102. The normalized spacial score (nSPS) is 11.3. The monoisotopic (exact) mass is 488 g/mol. The summed E-state index contributed by atoms with van der Waals surface area (Å²) in [7, 11) is 0. The fourth-order valence-corrected chi connectivity index (χ4v) is 4.48. The number of hydrogen-bond acceptors (Lipinski definition) is 4. The summed E-state index contributed by atoms with van der Waals surface area (Å²) in [6.45, 7) is 4.58. The van der Waals surface area contributed by atoms with Gasteiger partial charge in [0.05, 0.1) is 35.3 Å². The Balaban J connectivity index is 1.57. The van der Waals surface area contributed by atoms with Gasteiger partial charge in [0.2, 0.25) is 0 Å². The Morgan fingerprint density at radius 2 is 2.00 bits per heavy atom. The Morgan fingerprint density at radius 1 is 1.12 bits per heavy atom. The minimum atomic E-state index is -0.220. The Labute approximate surface area is 193 Å². The topological polar surface area (TPSA) is 77.1 Å². The number of carbonyl (C=O) groups excluding carboxylic acids is 1. The third kappa shape index (κ3) is 3.56. The number of aryl methyl sites for hydroxylation is 2. The summed E-state index contributed by atoms with van der Waals surface area (Å²) >= 11 is 3.68. The zero-order chi connectivity index (χ0) is 22.2. The van der Waals surface area contributed by atoms with E-state index in [4.69, 9.17) is 5.10 Å². The lowest BCUT2D eigenvalue weighted by atomic mass is 10.1. The van der Waals surface area contributed by atoms with Crippen molar-refractivity contribution in [3.8, 4) is 0 Å². The van der Waals surface area contributed by atoms with E-state index in [0.29, 0.717) is 12.2 Å². The number of fused-ring (bicyclic) bond motifs is 2. The van der Waals surface area contributed by atoms with Crippen LogP contribution in [0, 0.1) is 6.92 Å². The Hall–Kier alpha value is -3.52. The van der Waals surface area contributed by atoms with Crippen molar-refractivity contribution in [3.63, 3.8) is 0 Å². The van der Waals surface area contributed by atoms with Gasteiger partial charge in [-0.2, -0.15) is 5.10 Å². The van der Waals surface area contributed by atoms with E-state index in [1.807, 2.05) is 66.3 Å². The van der Waals surface area contributed by atoms with Gasteiger partial charge < -0.3 is 5.32 Å². The number of nitrogens with one attached hydrogen (secondary N) is 1. The Bertz CT molecular complexity index is 1470. The van der Waals surface area contributed by atoms with Crippen molar-refractivity contribution in [1.82, 2.24) is 24.1 Å². The summed E-state index contributed by atoms with van der Waals surface area (Å²) in [6, 6.07) is 15.5. The van der Waals surface area contributed by atoms with Gasteiger partial charge in [0.15, 0.2) is 0 Å². The third-order valence-corrected chi connectivity index (χ3v) is 6.05. The lowest BCUT2D eigenvalue weighted by Gasteiger charge is -2.10. The third-order valence-electron chi connectivity index (χ3n) is 5.41. The van der Waals surface area contributed by atoms with Gasteiger partial charge in [0, 0.05) is 21.7 Å². The molecular formula is C24H21BrN6O. The molecule has 32 heavy (non-hydrogen) atoms. The molecule has 0 aliphatic heterocycles. The van der Waals surface area contributed by atoms with Crippen molar-refractivity contribution < 1.29 is 4.79 Å². The predicted octanol–water partition coefficient (Wildman–Crippen LogP) is 5.01. The molecule has 7 nitrogen and oxygen atoms in total. The number of rotatable bonds is 5. The van der Waals surface area contributed by atoms with E-state index in [2.05, 4.69) is 38.1 Å². The van der Waals surface area contributed by atoms with Crippen LogP contribution in [0.2, 0.25) is 0 Å². The van der Waals surface area contributed by atoms with Crippen molar-refractivity contribution in [2.45, 2.75) is 26.8 Å². The highest BCUT2D eigenvalue weighted by Crippen LogP contribution is 2.34. The van der Waals surface area contributed by atoms with E-state index in [9.17, 15) is 4.79 Å². The predicted molar refractivity (Wildman–Crippen MR) is 128 cm³/mol. The van der Waals surface area contributed by atoms with E-state index >= 15 is 0 Å². The van der Waals surface area contributed by atoms with E-state index in [-0.39, 0.29) is 5.91 Å². The summed E-state index contributed by atoms with van der Waals surface area (Å²) in [4.78, 5) is 22.1. The maximum absolute atomic E-state index is 13.1. The summed E-state index contributed by atoms with van der Waals surface area (Å²) in [6.07, 6.45) is 4.16. The maximum Gasteiger partial charge on any atom is 0.274 e. The molecule has 160 valence electrons. The lowest BCUT2D eigenvalue weighted by Crippen LogP contribution is -2.14. The molecule has 1 aromatic carbocycles. The van der Waals surface area contributed by atoms with E-state index in [1.165, 1.54) is 0 Å². The van der Waals surface area contributed by atoms with Gasteiger partial charge >= 0.3 is 0 Å². The fraction of sp³-hybridized carbons (Fsp3) is 0.167. The number of anilines is 1. The number of amides is 1. The van der Waals surface area contributed by atoms with Crippen molar-refractivity contribution in [3.05, 3.63) is 88.2 Å². The molecule has 1 N–H and O–H groups in total. The number of nitrogens with zero attached hydrogens (tertiary/aromatic N) is 5. The molecule has 0 aliphatic rings. The highest BCUT2D eigenvalue weighted by atomic mass is 79.9. The average molecular weight is 489 g/mol. The number of carbonyl (C=O) groups is 1. The number of pyridine rings is 2. The van der Waals surface area contributed by atoms with Gasteiger partial charge in [0.1, 0.15) is 11.3 Å². The summed E-state index contributed by atoms with van der Waals surface area (Å²) in [5, 5.41) is 8.86. The van der Waals surface area contributed by atoms with Crippen LogP contribution in [0.5, 0.6) is 0 Å². The number of imidazole rings is 1. The van der Waals surface area contributed by atoms with Gasteiger partial charge in [-0.3, -0.25) is 18.9 Å². The van der Waals surface area contributed by atoms with Gasteiger partial charge in [-0.15, -0.1) is 0 Å². The molecule has 0 atom stereocenters. The largest absolute Gasteiger partial charge is 0.320 e. The molecule has 0 spiro atoms. The van der Waals surface area contributed by atoms with Crippen LogP contribution in [0.1, 0.15) is 34.5 Å². The molecule has 0 fully saturated rings. The van der Waals surface area contributed by atoms with Crippen LogP contribution in [-0.2, 0) is 13.0 Å². The van der Waals surface area contributed by atoms with Crippen LogP contribution in [0.4, 0.5) is 5.69 Å². The molecule has 4 heterocycles. The molecule has 8 heteroatoms. The van der Waals surface area contributed by atoms with Crippen LogP contribution < -0.4 is 5.32 Å². The quantitative estimate of drug-likeness (QED) is 0.377. The minimum Gasteiger partial charge on any atom is -0.320 e. The second-order valence-corrected chi connectivity index (χ2v) is 8.43. The molecule has 5 rings (SSSR count). The average Bonchev–Trinajstić information content (AvgIpc) is 3.38. The highest BCUT2D eigenvalue weighted by molar-refractivity contribution is 9.10. The molecule has 4 aromatic heterocycles. The van der Waals surface area contributed by atoms with E-state index in [0.717, 1.165) is 50.2 Å². The number of benzene rings is 1. The highest BCUT2D eigenvalue weighted by Gasteiger charge is 2.20. The first-order valence-corrected chi connectivity index (χ1v) is 11.2. The SMILES string of the molecule is CCc1nn(Cc2cccc(C)n2)c2c(Br)ccc(NC(=O)c3cnc4ccccn34)c12. The summed E-state index contributed by atoms with van der Waals surface area (Å²) in [5.74, 6) is -0.220. The molecule has 5 aromatic rings. The second-order valence-electron chi connectivity index (χ2n) is 7.57. The Morgan fingerprint density at radius 3 is 2.81 bits per heavy atom. The minimum absolute atomic E-state index is 0.220. The molecule has 0 bridgehead atoms. The van der Waals surface area contributed by atoms with Gasteiger partial charge in [-0.05, 0) is 65.7 Å². The van der Waals surface area contributed by atoms with Crippen molar-refractivity contribution in [1.29, 1.82) is 0 Å². The van der Waals surface area contributed by atoms with Gasteiger partial charge in [0.25, 0.3) is 5.91 Å².